The first kappa shape index (κ1) is 15.1. The first-order valence-corrected chi connectivity index (χ1v) is 6.76. The Labute approximate surface area is 128 Å². The van der Waals surface area contributed by atoms with E-state index in [1.165, 1.54) is 0 Å². The number of benzene rings is 2. The number of aliphatic hydroxyl groups excluding tert-OH is 1. The minimum Gasteiger partial charge on any atom is -0.384 e. The lowest BCUT2D eigenvalue weighted by Gasteiger charge is -2.09. The van der Waals surface area contributed by atoms with Crippen molar-refractivity contribution in [2.75, 3.05) is 11.9 Å². The van der Waals surface area contributed by atoms with Gasteiger partial charge in [0, 0.05) is 5.56 Å². The van der Waals surface area contributed by atoms with Crippen molar-refractivity contribution in [3.63, 3.8) is 0 Å². The maximum absolute atomic E-state index is 12.3. The summed E-state index contributed by atoms with van der Waals surface area (Å²) in [6.45, 7) is 1.69. The number of nitrogens with one attached hydrogen (secondary N) is 1. The van der Waals surface area contributed by atoms with E-state index in [0.29, 0.717) is 21.8 Å². The number of carbonyl (C=O) groups is 1. The van der Waals surface area contributed by atoms with Gasteiger partial charge >= 0.3 is 0 Å². The molecule has 0 atom stereocenters. The Balaban J connectivity index is 2.33. The zero-order chi connectivity index (χ0) is 15.2. The smallest absolute Gasteiger partial charge is 0.257 e. The van der Waals surface area contributed by atoms with Crippen LogP contribution in [0.3, 0.4) is 0 Å². The van der Waals surface area contributed by atoms with Crippen LogP contribution in [0.4, 0.5) is 5.69 Å². The second-order valence-corrected chi connectivity index (χ2v) is 4.85. The summed E-state index contributed by atoms with van der Waals surface area (Å²) < 4.78 is 0. The molecule has 2 rings (SSSR count). The molecule has 0 heterocycles. The lowest BCUT2D eigenvalue weighted by molar-refractivity contribution is 0.102. The van der Waals surface area contributed by atoms with Crippen molar-refractivity contribution in [3.8, 4) is 11.8 Å². The van der Waals surface area contributed by atoms with Gasteiger partial charge in [-0.1, -0.05) is 41.6 Å². The molecule has 4 heteroatoms. The van der Waals surface area contributed by atoms with Crippen LogP contribution in [0.15, 0.2) is 42.5 Å². The van der Waals surface area contributed by atoms with Gasteiger partial charge < -0.3 is 10.4 Å². The van der Waals surface area contributed by atoms with E-state index >= 15 is 0 Å². The van der Waals surface area contributed by atoms with Crippen LogP contribution in [0.5, 0.6) is 0 Å². The van der Waals surface area contributed by atoms with Gasteiger partial charge in [-0.15, -0.1) is 0 Å². The Morgan fingerprint density at radius 2 is 2.05 bits per heavy atom. The average Bonchev–Trinajstić information content (AvgIpc) is 2.47. The molecule has 0 aliphatic heterocycles. The zero-order valence-corrected chi connectivity index (χ0v) is 12.2. The molecule has 2 N–H and O–H groups in total. The highest BCUT2D eigenvalue weighted by Crippen LogP contribution is 2.20. The van der Waals surface area contributed by atoms with Gasteiger partial charge in [-0.25, -0.2) is 0 Å². The number of carbonyl (C=O) groups excluding carboxylic acids is 1. The molecule has 1 amide bonds. The Morgan fingerprint density at radius 1 is 1.29 bits per heavy atom. The maximum Gasteiger partial charge on any atom is 0.257 e. The highest BCUT2D eigenvalue weighted by Gasteiger charge is 2.11. The van der Waals surface area contributed by atoms with Gasteiger partial charge in [0.15, 0.2) is 0 Å². The highest BCUT2D eigenvalue weighted by atomic mass is 35.5. The molecule has 2 aromatic rings. The fourth-order valence-corrected chi connectivity index (χ4v) is 2.06. The molecule has 0 unspecified atom stereocenters. The number of hydrogen-bond acceptors (Lipinski definition) is 2. The lowest BCUT2D eigenvalue weighted by Crippen LogP contribution is -2.13. The molecule has 0 bridgehead atoms. The van der Waals surface area contributed by atoms with E-state index in [4.69, 9.17) is 16.7 Å². The van der Waals surface area contributed by atoms with E-state index in [-0.39, 0.29) is 12.5 Å². The minimum absolute atomic E-state index is 0.230. The third-order valence-corrected chi connectivity index (χ3v) is 3.17. The maximum atomic E-state index is 12.3. The van der Waals surface area contributed by atoms with Crippen LogP contribution in [0.25, 0.3) is 0 Å². The summed E-state index contributed by atoms with van der Waals surface area (Å²) in [4.78, 5) is 12.3. The van der Waals surface area contributed by atoms with Crippen molar-refractivity contribution >= 4 is 23.2 Å². The fraction of sp³-hybridized carbons (Fsp3) is 0.118. The summed E-state index contributed by atoms with van der Waals surface area (Å²) in [6.07, 6.45) is 0. The van der Waals surface area contributed by atoms with Gasteiger partial charge in [0.05, 0.1) is 16.3 Å². The molecule has 0 saturated carbocycles. The molecular formula is C17H14ClNO2. The van der Waals surface area contributed by atoms with Crippen molar-refractivity contribution in [2.45, 2.75) is 6.92 Å². The lowest BCUT2D eigenvalue weighted by atomic mass is 10.1. The van der Waals surface area contributed by atoms with Gasteiger partial charge in [-0.05, 0) is 36.8 Å². The second-order valence-electron chi connectivity index (χ2n) is 4.44. The van der Waals surface area contributed by atoms with Crippen molar-refractivity contribution in [2.24, 2.45) is 0 Å². The van der Waals surface area contributed by atoms with Crippen LogP contribution in [-0.4, -0.2) is 17.6 Å². The summed E-state index contributed by atoms with van der Waals surface area (Å²) in [5, 5.41) is 12.0. The Kier molecular flexibility index (Phi) is 4.99. The van der Waals surface area contributed by atoms with Gasteiger partial charge in [-0.3, -0.25) is 4.79 Å². The summed E-state index contributed by atoms with van der Waals surface area (Å²) in [6, 6.07) is 12.4. The van der Waals surface area contributed by atoms with E-state index in [0.717, 1.165) is 5.56 Å². The number of aryl methyl sites for hydroxylation is 1. The number of anilines is 1. The number of rotatable bonds is 2. The summed E-state index contributed by atoms with van der Waals surface area (Å²) in [7, 11) is 0. The van der Waals surface area contributed by atoms with Crippen molar-refractivity contribution in [1.29, 1.82) is 0 Å². The molecule has 21 heavy (non-hydrogen) atoms. The quantitative estimate of drug-likeness (QED) is 0.836. The predicted octanol–water partition coefficient (Wildman–Crippen LogP) is 3.24. The van der Waals surface area contributed by atoms with Crippen LogP contribution in [0, 0.1) is 18.8 Å². The Bertz CT molecular complexity index is 729. The molecule has 0 fully saturated rings. The van der Waals surface area contributed by atoms with Crippen molar-refractivity contribution in [3.05, 3.63) is 64.2 Å². The second kappa shape index (κ2) is 6.94. The summed E-state index contributed by atoms with van der Waals surface area (Å²) >= 11 is 6.02. The molecule has 2 aromatic carbocycles. The monoisotopic (exact) mass is 299 g/mol. The number of hydrogen-bond donors (Lipinski definition) is 2. The molecule has 0 aliphatic carbocycles. The van der Waals surface area contributed by atoms with Crippen molar-refractivity contribution in [1.82, 2.24) is 0 Å². The average molecular weight is 300 g/mol. The Morgan fingerprint density at radius 3 is 2.76 bits per heavy atom. The molecule has 0 aliphatic rings. The first-order valence-electron chi connectivity index (χ1n) is 6.38. The van der Waals surface area contributed by atoms with Crippen LogP contribution < -0.4 is 5.32 Å². The molecule has 0 saturated heterocycles. The molecule has 0 aromatic heterocycles. The van der Waals surface area contributed by atoms with Crippen LogP contribution in [0.1, 0.15) is 21.5 Å². The Hall–Kier alpha value is -2.28. The van der Waals surface area contributed by atoms with Gasteiger partial charge in [0.1, 0.15) is 6.61 Å². The van der Waals surface area contributed by atoms with E-state index in [9.17, 15) is 4.79 Å². The standard InChI is InChI=1S/C17H14ClNO2/c1-12-8-9-13(5-4-10-20)16(11-12)19-17(21)14-6-2-3-7-15(14)18/h2-3,6-9,11,20H,10H2,1H3,(H,19,21). The van der Waals surface area contributed by atoms with Crippen LogP contribution in [-0.2, 0) is 0 Å². The van der Waals surface area contributed by atoms with Gasteiger partial charge in [-0.2, -0.15) is 0 Å². The number of halogens is 1. The number of aliphatic hydroxyl groups is 1. The molecular weight excluding hydrogens is 286 g/mol. The first-order chi connectivity index (χ1) is 10.1. The van der Waals surface area contributed by atoms with E-state index in [1.54, 1.807) is 30.3 Å². The third-order valence-electron chi connectivity index (χ3n) is 2.84. The minimum atomic E-state index is -0.293. The topological polar surface area (TPSA) is 49.3 Å². The molecule has 0 spiro atoms. The summed E-state index contributed by atoms with van der Waals surface area (Å²) in [5.41, 5.74) is 2.65. The van der Waals surface area contributed by atoms with Gasteiger partial charge in [0.2, 0.25) is 0 Å². The number of amides is 1. The largest absolute Gasteiger partial charge is 0.384 e. The normalized spacial score (nSPS) is 9.67. The molecule has 3 nitrogen and oxygen atoms in total. The molecule has 106 valence electrons. The van der Waals surface area contributed by atoms with Crippen LogP contribution >= 0.6 is 11.6 Å². The van der Waals surface area contributed by atoms with E-state index < -0.39 is 0 Å². The predicted molar refractivity (Wildman–Crippen MR) is 84.5 cm³/mol. The highest BCUT2D eigenvalue weighted by molar-refractivity contribution is 6.34. The third kappa shape index (κ3) is 3.85. The fourth-order valence-electron chi connectivity index (χ4n) is 1.84. The van der Waals surface area contributed by atoms with E-state index in [1.807, 2.05) is 19.1 Å². The van der Waals surface area contributed by atoms with Crippen molar-refractivity contribution < 1.29 is 9.90 Å². The summed E-state index contributed by atoms with van der Waals surface area (Å²) in [5.74, 6) is 5.10. The van der Waals surface area contributed by atoms with Crippen LogP contribution in [0.2, 0.25) is 5.02 Å². The SMILES string of the molecule is Cc1ccc(C#CCO)c(NC(=O)c2ccccc2Cl)c1. The van der Waals surface area contributed by atoms with E-state index in [2.05, 4.69) is 17.2 Å². The molecule has 0 radical (unpaired) electrons. The van der Waals surface area contributed by atoms with Gasteiger partial charge in [0.25, 0.3) is 5.91 Å². The zero-order valence-electron chi connectivity index (χ0n) is 11.5.